The summed E-state index contributed by atoms with van der Waals surface area (Å²) >= 11 is 5.81. The van der Waals surface area contributed by atoms with Crippen molar-refractivity contribution in [3.05, 3.63) is 70.5 Å². The first-order valence-corrected chi connectivity index (χ1v) is 9.82. The number of carbonyl (C=O) groups excluding carboxylic acids is 1. The molecular formula is C22H23ClFN5O. The van der Waals surface area contributed by atoms with E-state index >= 15 is 0 Å². The molecule has 0 aliphatic rings. The largest absolute Gasteiger partial charge is 0.385 e. The maximum Gasteiger partial charge on any atom is 0.245 e. The van der Waals surface area contributed by atoms with E-state index < -0.39 is 11.7 Å². The van der Waals surface area contributed by atoms with E-state index in [1.807, 2.05) is 42.7 Å². The van der Waals surface area contributed by atoms with Gasteiger partial charge in [-0.15, -0.1) is 0 Å². The van der Waals surface area contributed by atoms with Crippen molar-refractivity contribution in [2.75, 3.05) is 0 Å². The lowest BCUT2D eigenvalue weighted by molar-refractivity contribution is -0.120. The first-order valence-electron chi connectivity index (χ1n) is 9.44. The number of nitrogens with one attached hydrogen (secondary N) is 2. The van der Waals surface area contributed by atoms with Gasteiger partial charge < -0.3 is 21.0 Å². The molecular weight excluding hydrogens is 405 g/mol. The molecule has 0 spiro atoms. The van der Waals surface area contributed by atoms with Gasteiger partial charge in [0.05, 0.1) is 11.0 Å². The lowest BCUT2D eigenvalue weighted by atomic mass is 10.0. The molecule has 2 aromatic carbocycles. The predicted octanol–water partition coefficient (Wildman–Crippen LogP) is 4.44. The molecule has 0 bridgehead atoms. The van der Waals surface area contributed by atoms with Crippen molar-refractivity contribution in [1.82, 2.24) is 14.9 Å². The third-order valence-corrected chi connectivity index (χ3v) is 4.86. The lowest BCUT2D eigenvalue weighted by Crippen LogP contribution is -2.33. The summed E-state index contributed by atoms with van der Waals surface area (Å²) in [5.74, 6) is -0.222. The number of aromatic nitrogens is 2. The fourth-order valence-corrected chi connectivity index (χ4v) is 3.50. The van der Waals surface area contributed by atoms with E-state index in [-0.39, 0.29) is 40.2 Å². The third kappa shape index (κ3) is 4.36. The number of hydrogen-bond donors (Lipinski definition) is 3. The van der Waals surface area contributed by atoms with Crippen LogP contribution in [0.25, 0.3) is 16.6 Å². The van der Waals surface area contributed by atoms with E-state index in [1.54, 1.807) is 0 Å². The smallest absolute Gasteiger partial charge is 0.245 e. The van der Waals surface area contributed by atoms with Crippen molar-refractivity contribution in [2.24, 2.45) is 5.73 Å². The number of halogens is 2. The molecule has 0 radical (unpaired) electrons. The molecule has 1 amide bonds. The molecule has 0 saturated carbocycles. The molecule has 0 saturated heterocycles. The Morgan fingerprint density at radius 1 is 1.30 bits per heavy atom. The second kappa shape index (κ2) is 8.67. The number of benzene rings is 2. The maximum atomic E-state index is 14.4. The number of nitrogens with two attached hydrogens (primary N) is 1. The number of allylic oxidation sites excluding steroid dienone is 1. The average Bonchev–Trinajstić information content (AvgIpc) is 3.02. The molecule has 3 aromatic rings. The summed E-state index contributed by atoms with van der Waals surface area (Å²) in [5.41, 5.74) is 7.95. The van der Waals surface area contributed by atoms with E-state index in [0.717, 1.165) is 22.9 Å². The van der Waals surface area contributed by atoms with Crippen LogP contribution in [0.4, 0.5) is 4.39 Å². The summed E-state index contributed by atoms with van der Waals surface area (Å²) in [6.45, 7) is 5.47. The minimum Gasteiger partial charge on any atom is -0.385 e. The lowest BCUT2D eigenvalue weighted by Gasteiger charge is -2.15. The minimum absolute atomic E-state index is 0.0118. The summed E-state index contributed by atoms with van der Waals surface area (Å²) < 4.78 is 16.2. The summed E-state index contributed by atoms with van der Waals surface area (Å²) in [6.07, 6.45) is 0. The van der Waals surface area contributed by atoms with Gasteiger partial charge in [0.2, 0.25) is 5.91 Å². The number of para-hydroxylation sites is 2. The molecule has 0 fully saturated rings. The molecule has 0 atom stereocenters. The van der Waals surface area contributed by atoms with Crippen LogP contribution >= 0.6 is 11.6 Å². The summed E-state index contributed by atoms with van der Waals surface area (Å²) in [4.78, 5) is 17.4. The van der Waals surface area contributed by atoms with Crippen LogP contribution in [0.3, 0.4) is 0 Å². The summed E-state index contributed by atoms with van der Waals surface area (Å²) in [5, 5.41) is 10.8. The topological polar surface area (TPSA) is 96.8 Å². The molecule has 0 aliphatic carbocycles. The molecule has 0 aliphatic heterocycles. The number of carbonyl (C=O) groups is 1. The van der Waals surface area contributed by atoms with Crippen molar-refractivity contribution >= 4 is 39.8 Å². The highest BCUT2D eigenvalue weighted by molar-refractivity contribution is 6.30. The predicted molar refractivity (Wildman–Crippen MR) is 118 cm³/mol. The normalized spacial score (nSPS) is 12.2. The van der Waals surface area contributed by atoms with Crippen LogP contribution in [0, 0.1) is 11.2 Å². The molecule has 4 N–H and O–H groups in total. The SMILES string of the molecule is CC(=N)/C(=C(\N)NC(=O)Cn1c(C(C)C)nc2ccccc21)c1ccc(Cl)cc1F. The Bertz CT molecular complexity index is 1170. The van der Waals surface area contributed by atoms with Gasteiger partial charge in [0.15, 0.2) is 0 Å². The van der Waals surface area contributed by atoms with Gasteiger partial charge in [-0.2, -0.15) is 0 Å². The first kappa shape index (κ1) is 21.5. The van der Waals surface area contributed by atoms with E-state index in [0.29, 0.717) is 0 Å². The molecule has 30 heavy (non-hydrogen) atoms. The zero-order chi connectivity index (χ0) is 22.0. The highest BCUT2D eigenvalue weighted by Gasteiger charge is 2.19. The van der Waals surface area contributed by atoms with Crippen LogP contribution in [0.5, 0.6) is 0 Å². The van der Waals surface area contributed by atoms with Crippen molar-refractivity contribution in [3.8, 4) is 0 Å². The summed E-state index contributed by atoms with van der Waals surface area (Å²) in [7, 11) is 0. The zero-order valence-electron chi connectivity index (χ0n) is 17.0. The second-order valence-electron chi connectivity index (χ2n) is 7.29. The fraction of sp³-hybridized carbons (Fsp3) is 0.227. The monoisotopic (exact) mass is 427 g/mol. The van der Waals surface area contributed by atoms with Crippen molar-refractivity contribution in [2.45, 2.75) is 33.2 Å². The second-order valence-corrected chi connectivity index (χ2v) is 7.72. The van der Waals surface area contributed by atoms with Crippen LogP contribution in [-0.2, 0) is 11.3 Å². The van der Waals surface area contributed by atoms with E-state index in [4.69, 9.17) is 22.7 Å². The average molecular weight is 428 g/mol. The molecule has 8 heteroatoms. The fourth-order valence-electron chi connectivity index (χ4n) is 3.34. The molecule has 1 heterocycles. The number of hydrogen-bond acceptors (Lipinski definition) is 4. The Labute approximate surface area is 179 Å². The standard InChI is InChI=1S/C22H23ClFN5O/c1-12(2)22-27-17-6-4-5-7-18(17)29(22)11-19(30)28-21(26)20(13(3)25)15-9-8-14(23)10-16(15)24/h4-10,12,25H,11,26H2,1-3H3,(H,28,30)/b21-20-,25-13?. The number of amides is 1. The Balaban J connectivity index is 1.94. The number of fused-ring (bicyclic) bond motifs is 1. The van der Waals surface area contributed by atoms with Crippen LogP contribution in [0.15, 0.2) is 48.3 Å². The summed E-state index contributed by atoms with van der Waals surface area (Å²) in [6, 6.07) is 11.7. The van der Waals surface area contributed by atoms with Gasteiger partial charge in [0.1, 0.15) is 24.0 Å². The molecule has 6 nitrogen and oxygen atoms in total. The van der Waals surface area contributed by atoms with Gasteiger partial charge in [-0.25, -0.2) is 9.37 Å². The quantitative estimate of drug-likeness (QED) is 0.507. The van der Waals surface area contributed by atoms with Gasteiger partial charge in [-0.05, 0) is 37.3 Å². The first-order chi connectivity index (χ1) is 14.2. The van der Waals surface area contributed by atoms with Crippen LogP contribution < -0.4 is 11.1 Å². The van der Waals surface area contributed by atoms with Gasteiger partial charge >= 0.3 is 0 Å². The van der Waals surface area contributed by atoms with E-state index in [1.165, 1.54) is 19.1 Å². The maximum absolute atomic E-state index is 14.4. The highest BCUT2D eigenvalue weighted by atomic mass is 35.5. The van der Waals surface area contributed by atoms with Gasteiger partial charge in [-0.3, -0.25) is 4.79 Å². The number of rotatable bonds is 6. The van der Waals surface area contributed by atoms with Crippen molar-refractivity contribution < 1.29 is 9.18 Å². The number of imidazole rings is 1. The Morgan fingerprint density at radius 3 is 2.63 bits per heavy atom. The zero-order valence-corrected chi connectivity index (χ0v) is 17.7. The minimum atomic E-state index is -0.621. The van der Waals surface area contributed by atoms with Crippen LogP contribution in [-0.4, -0.2) is 21.2 Å². The van der Waals surface area contributed by atoms with Crippen molar-refractivity contribution in [1.29, 1.82) is 5.41 Å². The van der Waals surface area contributed by atoms with E-state index in [9.17, 15) is 9.18 Å². The van der Waals surface area contributed by atoms with E-state index in [2.05, 4.69) is 10.3 Å². The van der Waals surface area contributed by atoms with Crippen LogP contribution in [0.1, 0.15) is 38.1 Å². The van der Waals surface area contributed by atoms with Gasteiger partial charge in [-0.1, -0.05) is 37.6 Å². The highest BCUT2D eigenvalue weighted by Crippen LogP contribution is 2.24. The van der Waals surface area contributed by atoms with Gasteiger partial charge in [0.25, 0.3) is 0 Å². The van der Waals surface area contributed by atoms with Crippen molar-refractivity contribution in [3.63, 3.8) is 0 Å². The molecule has 3 rings (SSSR count). The molecule has 0 unspecified atom stereocenters. The van der Waals surface area contributed by atoms with Crippen LogP contribution in [0.2, 0.25) is 5.02 Å². The molecule has 1 aromatic heterocycles. The molecule has 156 valence electrons. The Kier molecular flexibility index (Phi) is 6.22. The third-order valence-electron chi connectivity index (χ3n) is 4.62. The number of nitrogens with zero attached hydrogens (tertiary/aromatic N) is 2. The Morgan fingerprint density at radius 2 is 2.00 bits per heavy atom. The Hall–Kier alpha value is -3.19. The van der Waals surface area contributed by atoms with Gasteiger partial charge in [0, 0.05) is 27.8 Å².